The van der Waals surface area contributed by atoms with Gasteiger partial charge in [0.2, 0.25) is 5.78 Å². The van der Waals surface area contributed by atoms with E-state index in [0.717, 1.165) is 29.0 Å². The van der Waals surface area contributed by atoms with Crippen LogP contribution in [0.15, 0.2) is 24.3 Å². The van der Waals surface area contributed by atoms with E-state index in [4.69, 9.17) is 4.74 Å². The number of rotatable bonds is 8. The van der Waals surface area contributed by atoms with Crippen molar-refractivity contribution in [3.05, 3.63) is 52.3 Å². The lowest BCUT2D eigenvalue weighted by Gasteiger charge is -2.19. The number of nitrogens with two attached hydrogens (primary N) is 1. The van der Waals surface area contributed by atoms with Crippen molar-refractivity contribution >= 4 is 11.6 Å². The quantitative estimate of drug-likeness (QED) is 0.713. The molecule has 0 aliphatic rings. The Morgan fingerprint density at radius 2 is 1.81 bits per heavy atom. The van der Waals surface area contributed by atoms with Crippen molar-refractivity contribution in [2.75, 3.05) is 7.11 Å². The third-order valence-corrected chi connectivity index (χ3v) is 4.95. The van der Waals surface area contributed by atoms with E-state index in [2.05, 4.69) is 17.2 Å². The monoisotopic (exact) mass is 357 g/mol. The maximum absolute atomic E-state index is 12.9. The number of methoxy groups -OCH3 is 1. The molecule has 0 bridgehead atoms. The number of aromatic nitrogens is 1. The van der Waals surface area contributed by atoms with Gasteiger partial charge in [-0.15, -0.1) is 0 Å². The third kappa shape index (κ3) is 4.05. The van der Waals surface area contributed by atoms with Gasteiger partial charge in [0.15, 0.2) is 5.78 Å². The topological polar surface area (TPSA) is 75.8 Å². The molecule has 0 spiro atoms. The second-order valence-corrected chi connectivity index (χ2v) is 6.81. The smallest absolute Gasteiger partial charge is 0.235 e. The number of hydrogen-bond donors (Lipinski definition) is 2. The summed E-state index contributed by atoms with van der Waals surface area (Å²) in [7, 11) is 1.65. The summed E-state index contributed by atoms with van der Waals surface area (Å²) in [5, 5.41) is 2.09. The Bertz CT molecular complexity index is 790. The van der Waals surface area contributed by atoms with E-state index >= 15 is 0 Å². The first-order valence-corrected chi connectivity index (χ1v) is 9.03. The number of ether oxygens (including phenoxy) is 1. The number of quaternary nitrogens is 1. The number of benzene rings is 1. The standard InChI is InChI=1S/C21H28N2O3/c1-7-18(16-8-10-17(26-6)11-9-16)22-14(4)21(25)20-12(2)19(15(5)24)13(3)23-20/h8-11,14,18,22-23H,7H2,1-6H3/p+1/t14-,18-/m0/s1. The number of aryl methyl sites for hydroxylation is 1. The number of Topliss-reactive ketones (excluding diaryl/α,β-unsaturated/α-hetero) is 2. The van der Waals surface area contributed by atoms with Gasteiger partial charge < -0.3 is 15.0 Å². The number of hydrogen-bond acceptors (Lipinski definition) is 3. The molecule has 0 fully saturated rings. The molecule has 0 unspecified atom stereocenters. The predicted octanol–water partition coefficient (Wildman–Crippen LogP) is 3.13. The minimum Gasteiger partial charge on any atom is -0.497 e. The molecule has 26 heavy (non-hydrogen) atoms. The van der Waals surface area contributed by atoms with Gasteiger partial charge >= 0.3 is 0 Å². The summed E-state index contributed by atoms with van der Waals surface area (Å²) in [6.45, 7) is 9.23. The van der Waals surface area contributed by atoms with Crippen molar-refractivity contribution in [2.45, 2.75) is 53.1 Å². The van der Waals surface area contributed by atoms with Gasteiger partial charge in [-0.2, -0.15) is 0 Å². The van der Waals surface area contributed by atoms with E-state index in [1.165, 1.54) is 6.92 Å². The van der Waals surface area contributed by atoms with Crippen LogP contribution >= 0.6 is 0 Å². The van der Waals surface area contributed by atoms with Gasteiger partial charge in [0.05, 0.1) is 12.8 Å². The highest BCUT2D eigenvalue weighted by molar-refractivity contribution is 6.04. The molecule has 0 amide bonds. The van der Waals surface area contributed by atoms with Gasteiger partial charge in [0.1, 0.15) is 17.8 Å². The number of carbonyl (C=O) groups excluding carboxylic acids is 2. The summed E-state index contributed by atoms with van der Waals surface area (Å²) in [6.07, 6.45) is 0.908. The van der Waals surface area contributed by atoms with Gasteiger partial charge in [-0.25, -0.2) is 0 Å². The Morgan fingerprint density at radius 3 is 2.27 bits per heavy atom. The third-order valence-electron chi connectivity index (χ3n) is 4.95. The first-order valence-electron chi connectivity index (χ1n) is 9.03. The highest BCUT2D eigenvalue weighted by Gasteiger charge is 2.27. The molecule has 0 radical (unpaired) electrons. The average molecular weight is 357 g/mol. The molecule has 0 saturated carbocycles. The van der Waals surface area contributed by atoms with Crippen molar-refractivity contribution in [1.82, 2.24) is 4.98 Å². The molecule has 2 aromatic rings. The highest BCUT2D eigenvalue weighted by atomic mass is 16.5. The Balaban J connectivity index is 2.19. The highest BCUT2D eigenvalue weighted by Crippen LogP contribution is 2.20. The maximum Gasteiger partial charge on any atom is 0.235 e. The molecule has 1 aromatic carbocycles. The first kappa shape index (κ1) is 19.9. The van der Waals surface area contributed by atoms with Crippen molar-refractivity contribution in [3.8, 4) is 5.75 Å². The van der Waals surface area contributed by atoms with Gasteiger partial charge in [0, 0.05) is 23.2 Å². The van der Waals surface area contributed by atoms with Crippen LogP contribution in [0.3, 0.4) is 0 Å². The Labute approximate surface area is 155 Å². The zero-order chi connectivity index (χ0) is 19.4. The summed E-state index contributed by atoms with van der Waals surface area (Å²) >= 11 is 0. The summed E-state index contributed by atoms with van der Waals surface area (Å²) in [4.78, 5) is 27.9. The van der Waals surface area contributed by atoms with Crippen molar-refractivity contribution in [1.29, 1.82) is 0 Å². The van der Waals surface area contributed by atoms with E-state index in [9.17, 15) is 9.59 Å². The van der Waals surface area contributed by atoms with Crippen molar-refractivity contribution < 1.29 is 19.6 Å². The minimum absolute atomic E-state index is 0.0170. The largest absolute Gasteiger partial charge is 0.497 e. The zero-order valence-corrected chi connectivity index (χ0v) is 16.5. The number of nitrogens with one attached hydrogen (secondary N) is 1. The molecule has 0 aliphatic heterocycles. The van der Waals surface area contributed by atoms with Gasteiger partial charge in [-0.3, -0.25) is 9.59 Å². The van der Waals surface area contributed by atoms with Crippen LogP contribution in [-0.4, -0.2) is 29.7 Å². The lowest BCUT2D eigenvalue weighted by Crippen LogP contribution is -2.91. The Hall–Kier alpha value is -2.40. The molecule has 1 heterocycles. The second-order valence-electron chi connectivity index (χ2n) is 6.81. The molecule has 5 nitrogen and oxygen atoms in total. The zero-order valence-electron chi connectivity index (χ0n) is 16.5. The fourth-order valence-electron chi connectivity index (χ4n) is 3.52. The van der Waals surface area contributed by atoms with E-state index < -0.39 is 0 Å². The minimum atomic E-state index is -0.251. The summed E-state index contributed by atoms with van der Waals surface area (Å²) < 4.78 is 5.21. The molecule has 2 rings (SSSR count). The average Bonchev–Trinajstić information content (AvgIpc) is 2.93. The maximum atomic E-state index is 12.9. The fourth-order valence-corrected chi connectivity index (χ4v) is 3.52. The lowest BCUT2D eigenvalue weighted by molar-refractivity contribution is -0.712. The van der Waals surface area contributed by atoms with Crippen LogP contribution in [0.4, 0.5) is 0 Å². The lowest BCUT2D eigenvalue weighted by atomic mass is 10.00. The molecular weight excluding hydrogens is 328 g/mol. The number of H-pyrrole nitrogens is 1. The predicted molar refractivity (Wildman–Crippen MR) is 102 cm³/mol. The number of aromatic amines is 1. The van der Waals surface area contributed by atoms with Crippen molar-refractivity contribution in [2.24, 2.45) is 0 Å². The van der Waals surface area contributed by atoms with E-state index in [1.54, 1.807) is 7.11 Å². The Morgan fingerprint density at radius 1 is 1.19 bits per heavy atom. The van der Waals surface area contributed by atoms with E-state index in [-0.39, 0.29) is 23.7 Å². The molecule has 1 aromatic heterocycles. The second kappa shape index (κ2) is 8.32. The molecular formula is C21H29N2O3+. The van der Waals surface area contributed by atoms with Crippen LogP contribution in [0.2, 0.25) is 0 Å². The van der Waals surface area contributed by atoms with Crippen molar-refractivity contribution in [3.63, 3.8) is 0 Å². The van der Waals surface area contributed by atoms with Crippen LogP contribution in [0.5, 0.6) is 5.75 Å². The number of ketones is 2. The number of carbonyl (C=O) groups is 2. The molecule has 3 N–H and O–H groups in total. The summed E-state index contributed by atoms with van der Waals surface area (Å²) in [5.41, 5.74) is 3.84. The van der Waals surface area contributed by atoms with E-state index in [0.29, 0.717) is 11.3 Å². The van der Waals surface area contributed by atoms with Crippen LogP contribution in [-0.2, 0) is 0 Å². The Kier molecular flexibility index (Phi) is 6.37. The SMILES string of the molecule is CC[C@H]([NH2+][C@@H](C)C(=O)c1[nH]c(C)c(C(C)=O)c1C)c1ccc(OC)cc1. The van der Waals surface area contributed by atoms with Crippen LogP contribution < -0.4 is 10.1 Å². The summed E-state index contributed by atoms with van der Waals surface area (Å²) in [5.74, 6) is 0.823. The molecule has 0 aliphatic carbocycles. The molecule has 2 atom stereocenters. The summed E-state index contributed by atoms with van der Waals surface area (Å²) in [6, 6.07) is 7.89. The van der Waals surface area contributed by atoms with Crippen LogP contribution in [0.1, 0.15) is 70.9 Å². The molecule has 140 valence electrons. The van der Waals surface area contributed by atoms with Gasteiger partial charge in [-0.1, -0.05) is 6.92 Å². The van der Waals surface area contributed by atoms with E-state index in [1.807, 2.05) is 45.0 Å². The normalized spacial score (nSPS) is 13.3. The van der Waals surface area contributed by atoms with Crippen LogP contribution in [0.25, 0.3) is 0 Å². The molecule has 0 saturated heterocycles. The first-order chi connectivity index (χ1) is 12.3. The van der Waals surface area contributed by atoms with Crippen LogP contribution in [0, 0.1) is 13.8 Å². The van der Waals surface area contributed by atoms with Gasteiger partial charge in [0.25, 0.3) is 0 Å². The fraction of sp³-hybridized carbons (Fsp3) is 0.429. The molecule has 5 heteroatoms. The van der Waals surface area contributed by atoms with Gasteiger partial charge in [-0.05, 0) is 57.5 Å².